The van der Waals surface area contributed by atoms with Gasteiger partial charge in [0.05, 0.1) is 30.0 Å². The molecule has 5 rings (SSSR count). The van der Waals surface area contributed by atoms with Crippen LogP contribution in [-0.2, 0) is 4.74 Å². The summed E-state index contributed by atoms with van der Waals surface area (Å²) in [7, 11) is 0. The zero-order valence-electron chi connectivity index (χ0n) is 16.0. The highest BCUT2D eigenvalue weighted by molar-refractivity contribution is 5.98. The van der Waals surface area contributed by atoms with E-state index >= 15 is 0 Å². The van der Waals surface area contributed by atoms with Crippen LogP contribution in [-0.4, -0.2) is 38.6 Å². The highest BCUT2D eigenvalue weighted by atomic mass is 16.5. The zero-order chi connectivity index (χ0) is 19.6. The normalized spacial score (nSPS) is 14.4. The van der Waals surface area contributed by atoms with Crippen LogP contribution < -0.4 is 5.32 Å². The Labute approximate surface area is 168 Å². The van der Waals surface area contributed by atoms with Crippen molar-refractivity contribution in [1.29, 1.82) is 0 Å². The summed E-state index contributed by atoms with van der Waals surface area (Å²) >= 11 is 0. The second-order valence-corrected chi connectivity index (χ2v) is 6.89. The first-order valence-electron chi connectivity index (χ1n) is 9.56. The summed E-state index contributed by atoms with van der Waals surface area (Å²) < 4.78 is 7.49. The lowest BCUT2D eigenvalue weighted by atomic mass is 10.1. The summed E-state index contributed by atoms with van der Waals surface area (Å²) in [6.07, 6.45) is 5.23. The van der Waals surface area contributed by atoms with Crippen molar-refractivity contribution in [3.63, 3.8) is 0 Å². The van der Waals surface area contributed by atoms with E-state index in [0.29, 0.717) is 30.7 Å². The summed E-state index contributed by atoms with van der Waals surface area (Å²) in [4.78, 5) is 18.0. The number of nitrogens with zero attached hydrogens (tertiary/aromatic N) is 5. The van der Waals surface area contributed by atoms with Gasteiger partial charge in [-0.05, 0) is 30.7 Å². The number of benzene rings is 2. The number of nitrogens with one attached hydrogen (secondary N) is 1. The number of anilines is 1. The molecule has 1 atom stereocenters. The Morgan fingerprint density at radius 3 is 2.83 bits per heavy atom. The number of hydrogen-bond donors (Lipinski definition) is 1. The Balaban J connectivity index is 1.43. The number of aliphatic imine (C=N–C) groups is 1. The number of ether oxygens (including phenoxy) is 1. The summed E-state index contributed by atoms with van der Waals surface area (Å²) in [5.74, 6) is 2.10. The third kappa shape index (κ3) is 3.42. The molecule has 0 amide bonds. The average molecular weight is 384 g/mol. The van der Waals surface area contributed by atoms with Gasteiger partial charge in [0.2, 0.25) is 5.90 Å². The first-order valence-corrected chi connectivity index (χ1v) is 9.56. The van der Waals surface area contributed by atoms with E-state index in [0.717, 1.165) is 16.6 Å². The average Bonchev–Trinajstić information content (AvgIpc) is 3.44. The van der Waals surface area contributed by atoms with Gasteiger partial charge < -0.3 is 10.1 Å². The van der Waals surface area contributed by atoms with Crippen LogP contribution in [0.2, 0.25) is 0 Å². The topological polar surface area (TPSA) is 77.2 Å². The van der Waals surface area contributed by atoms with Gasteiger partial charge in [0.15, 0.2) is 5.82 Å². The van der Waals surface area contributed by atoms with E-state index in [1.807, 2.05) is 41.0 Å². The van der Waals surface area contributed by atoms with Crippen molar-refractivity contribution in [2.75, 3.05) is 18.5 Å². The predicted molar refractivity (Wildman–Crippen MR) is 112 cm³/mol. The molecule has 1 aliphatic heterocycles. The molecule has 0 spiro atoms. The third-order valence-electron chi connectivity index (χ3n) is 4.91. The summed E-state index contributed by atoms with van der Waals surface area (Å²) in [6, 6.07) is 16.4. The smallest absolute Gasteiger partial charge is 0.216 e. The van der Waals surface area contributed by atoms with Gasteiger partial charge in [-0.25, -0.2) is 15.0 Å². The molecule has 0 fully saturated rings. The maximum atomic E-state index is 5.55. The maximum Gasteiger partial charge on any atom is 0.216 e. The highest BCUT2D eigenvalue weighted by Crippen LogP contribution is 2.22. The van der Waals surface area contributed by atoms with Crippen LogP contribution in [0, 0.1) is 0 Å². The summed E-state index contributed by atoms with van der Waals surface area (Å²) in [5.41, 5.74) is 3.95. The lowest BCUT2D eigenvalue weighted by Gasteiger charge is -2.15. The predicted octanol–water partition coefficient (Wildman–Crippen LogP) is 3.77. The van der Waals surface area contributed by atoms with Crippen LogP contribution in [0.3, 0.4) is 0 Å². The Morgan fingerprint density at radius 2 is 2.00 bits per heavy atom. The maximum absolute atomic E-state index is 5.55. The molecule has 2 aromatic heterocycles. The minimum atomic E-state index is 0.120. The molecule has 4 aromatic rings. The largest absolute Gasteiger partial charge is 0.476 e. The van der Waals surface area contributed by atoms with Gasteiger partial charge in [0.1, 0.15) is 18.8 Å². The molecule has 0 aliphatic carbocycles. The van der Waals surface area contributed by atoms with Crippen molar-refractivity contribution >= 4 is 22.7 Å². The Kier molecular flexibility index (Phi) is 4.40. The van der Waals surface area contributed by atoms with Crippen LogP contribution in [0.5, 0.6) is 0 Å². The zero-order valence-corrected chi connectivity index (χ0v) is 16.0. The fraction of sp³-hybridized carbons (Fsp3) is 0.182. The van der Waals surface area contributed by atoms with Crippen molar-refractivity contribution in [2.24, 2.45) is 4.99 Å². The van der Waals surface area contributed by atoms with Crippen molar-refractivity contribution in [1.82, 2.24) is 19.5 Å². The number of imidazole rings is 1. The highest BCUT2D eigenvalue weighted by Gasteiger charge is 2.14. The van der Waals surface area contributed by atoms with Gasteiger partial charge in [0, 0.05) is 11.6 Å². The molecule has 3 heterocycles. The third-order valence-corrected chi connectivity index (χ3v) is 4.91. The molecule has 1 aliphatic rings. The van der Waals surface area contributed by atoms with Crippen LogP contribution >= 0.6 is 0 Å². The molecule has 7 nitrogen and oxygen atoms in total. The molecule has 7 heteroatoms. The SMILES string of the molecule is CC(Nc1cncc(-n2cnc3cc(C4=NCCO4)ccc32)n1)c1ccccc1. The molecular formula is C22H20N6O. The second-order valence-electron chi connectivity index (χ2n) is 6.89. The van der Waals surface area contributed by atoms with Crippen molar-refractivity contribution in [3.8, 4) is 5.82 Å². The summed E-state index contributed by atoms with van der Waals surface area (Å²) in [5, 5.41) is 3.42. The number of aromatic nitrogens is 4. The lowest BCUT2D eigenvalue weighted by Crippen LogP contribution is -2.09. The fourth-order valence-electron chi connectivity index (χ4n) is 3.43. The first kappa shape index (κ1) is 17.4. The van der Waals surface area contributed by atoms with Crippen molar-refractivity contribution in [3.05, 3.63) is 78.4 Å². The Morgan fingerprint density at radius 1 is 1.10 bits per heavy atom. The van der Waals surface area contributed by atoms with Gasteiger partial charge in [-0.3, -0.25) is 9.55 Å². The standard InChI is InChI=1S/C22H20N6O/c1-15(16-5-3-2-4-6-16)26-20-12-23-13-21(27-20)28-14-25-18-11-17(7-8-19(18)28)22-24-9-10-29-22/h2-8,11-15H,9-10H2,1H3,(H,26,27). The molecule has 144 valence electrons. The van der Waals surface area contributed by atoms with E-state index in [-0.39, 0.29) is 6.04 Å². The monoisotopic (exact) mass is 384 g/mol. The second kappa shape index (κ2) is 7.35. The Hall–Kier alpha value is -3.74. The number of fused-ring (bicyclic) bond motifs is 1. The van der Waals surface area contributed by atoms with E-state index in [1.54, 1.807) is 18.7 Å². The molecule has 29 heavy (non-hydrogen) atoms. The van der Waals surface area contributed by atoms with E-state index in [9.17, 15) is 0 Å². The quantitative estimate of drug-likeness (QED) is 0.567. The first-order chi connectivity index (χ1) is 14.3. The Bertz CT molecular complexity index is 1180. The van der Waals surface area contributed by atoms with E-state index in [2.05, 4.69) is 39.3 Å². The minimum Gasteiger partial charge on any atom is -0.476 e. The number of hydrogen-bond acceptors (Lipinski definition) is 6. The van der Waals surface area contributed by atoms with E-state index < -0.39 is 0 Å². The van der Waals surface area contributed by atoms with Crippen molar-refractivity contribution < 1.29 is 4.74 Å². The molecule has 0 saturated heterocycles. The van der Waals surface area contributed by atoms with Gasteiger partial charge >= 0.3 is 0 Å². The number of rotatable bonds is 5. The van der Waals surface area contributed by atoms with Gasteiger partial charge in [0.25, 0.3) is 0 Å². The van der Waals surface area contributed by atoms with E-state index in [1.165, 1.54) is 5.56 Å². The molecule has 1 N–H and O–H groups in total. The molecule has 2 aromatic carbocycles. The minimum absolute atomic E-state index is 0.120. The summed E-state index contributed by atoms with van der Waals surface area (Å²) in [6.45, 7) is 3.45. The molecule has 0 saturated carbocycles. The van der Waals surface area contributed by atoms with Crippen LogP contribution in [0.15, 0.2) is 72.2 Å². The fourth-order valence-corrected chi connectivity index (χ4v) is 3.43. The molecular weight excluding hydrogens is 364 g/mol. The van der Waals surface area contributed by atoms with Crippen LogP contribution in [0.4, 0.5) is 5.82 Å². The molecule has 0 radical (unpaired) electrons. The van der Waals surface area contributed by atoms with Gasteiger partial charge in [-0.2, -0.15) is 0 Å². The van der Waals surface area contributed by atoms with E-state index in [4.69, 9.17) is 9.72 Å². The van der Waals surface area contributed by atoms with Gasteiger partial charge in [-0.15, -0.1) is 0 Å². The van der Waals surface area contributed by atoms with Crippen LogP contribution in [0.25, 0.3) is 16.9 Å². The lowest BCUT2D eigenvalue weighted by molar-refractivity contribution is 0.348. The van der Waals surface area contributed by atoms with Gasteiger partial charge in [-0.1, -0.05) is 30.3 Å². The van der Waals surface area contributed by atoms with Crippen molar-refractivity contribution in [2.45, 2.75) is 13.0 Å². The molecule has 0 bridgehead atoms. The van der Waals surface area contributed by atoms with Crippen LogP contribution in [0.1, 0.15) is 24.1 Å². The molecule has 1 unspecified atom stereocenters.